The molecule has 0 radical (unpaired) electrons. The lowest BCUT2D eigenvalue weighted by atomic mass is 9.95. The van der Waals surface area contributed by atoms with Gasteiger partial charge in [0.2, 0.25) is 0 Å². The Balaban J connectivity index is 1.36. The van der Waals surface area contributed by atoms with Crippen molar-refractivity contribution in [2.24, 2.45) is 5.92 Å². The molecule has 0 bridgehead atoms. The average molecular weight is 755 g/mol. The maximum absolute atomic E-state index is 14.3. The first kappa shape index (κ1) is 38.8. The minimum absolute atomic E-state index is 0.0496. The second-order valence-corrected chi connectivity index (χ2v) is 13.5. The molecule has 0 aliphatic carbocycles. The summed E-state index contributed by atoms with van der Waals surface area (Å²) in [7, 11) is 3.01. The monoisotopic (exact) mass is 753 g/mol. The number of benzene rings is 3. The lowest BCUT2D eigenvalue weighted by Gasteiger charge is -2.36. The van der Waals surface area contributed by atoms with Gasteiger partial charge in [0, 0.05) is 25.1 Å². The molecule has 52 heavy (non-hydrogen) atoms. The summed E-state index contributed by atoms with van der Waals surface area (Å²) in [5.74, 6) is -0.534. The van der Waals surface area contributed by atoms with Gasteiger partial charge in [-0.3, -0.25) is 10.2 Å². The predicted molar refractivity (Wildman–Crippen MR) is 195 cm³/mol. The Labute approximate surface area is 312 Å². The number of carbonyl (C=O) groups excluding carboxylic acids is 2. The van der Waals surface area contributed by atoms with Crippen molar-refractivity contribution in [1.82, 2.24) is 10.2 Å². The summed E-state index contributed by atoms with van der Waals surface area (Å²) in [6.07, 6.45) is 2.12. The number of hydrogen-bond acceptors (Lipinski definition) is 9. The summed E-state index contributed by atoms with van der Waals surface area (Å²) < 4.78 is 37.8. The van der Waals surface area contributed by atoms with Crippen LogP contribution in [0.3, 0.4) is 0 Å². The molecular weight excluding hydrogens is 712 g/mol. The Morgan fingerprint density at radius 3 is 2.42 bits per heavy atom. The summed E-state index contributed by atoms with van der Waals surface area (Å²) in [6.45, 7) is 6.73. The van der Waals surface area contributed by atoms with E-state index in [0.717, 1.165) is 19.5 Å². The van der Waals surface area contributed by atoms with Crippen molar-refractivity contribution >= 4 is 35.1 Å². The second-order valence-electron chi connectivity index (χ2n) is 12.7. The van der Waals surface area contributed by atoms with Crippen LogP contribution in [0, 0.1) is 16.9 Å². The van der Waals surface area contributed by atoms with Crippen molar-refractivity contribution in [3.63, 3.8) is 0 Å². The number of nitrogens with one attached hydrogen (secondary N) is 1. The first-order valence-corrected chi connectivity index (χ1v) is 17.7. The topological polar surface area (TPSA) is 113 Å². The number of likely N-dealkylation sites (N-methyl/N-ethyl adjacent to an activating group) is 1. The van der Waals surface area contributed by atoms with Crippen molar-refractivity contribution in [1.29, 1.82) is 0 Å². The molecule has 0 saturated carbocycles. The Bertz CT molecular complexity index is 1860. The molecule has 1 saturated heterocycles. The number of nitrogens with zero attached hydrogens (tertiary/aromatic N) is 2. The Kier molecular flexibility index (Phi) is 13.3. The number of methoxy groups -OCH3 is 2. The smallest absolute Gasteiger partial charge is 0.338 e. The third kappa shape index (κ3) is 9.71. The molecule has 1 N–H and O–H groups in total. The molecule has 0 spiro atoms. The quantitative estimate of drug-likeness (QED) is 0.0824. The van der Waals surface area contributed by atoms with Crippen molar-refractivity contribution in [2.45, 2.75) is 51.5 Å². The van der Waals surface area contributed by atoms with Crippen molar-refractivity contribution in [2.75, 3.05) is 33.9 Å². The number of likely N-dealkylation sites (tertiary alicyclic amines) is 1. The number of esters is 2. The van der Waals surface area contributed by atoms with Crippen molar-refractivity contribution in [3.05, 3.63) is 128 Å². The highest BCUT2D eigenvalue weighted by atomic mass is 35.5. The number of ether oxygens (including phenoxy) is 4. The minimum Gasteiger partial charge on any atom is -0.619 e. The molecule has 276 valence electrons. The fraction of sp³-hybridized carbons (Fsp3) is 0.359. The normalized spacial score (nSPS) is 17.2. The highest BCUT2D eigenvalue weighted by Gasteiger charge is 2.32. The summed E-state index contributed by atoms with van der Waals surface area (Å²) >= 11 is 12.8. The summed E-state index contributed by atoms with van der Waals surface area (Å²) in [6, 6.07) is 16.8. The Morgan fingerprint density at radius 1 is 1.00 bits per heavy atom. The number of piperidine rings is 1. The van der Waals surface area contributed by atoms with E-state index in [1.54, 1.807) is 54.6 Å². The fourth-order valence-corrected chi connectivity index (χ4v) is 6.79. The first-order chi connectivity index (χ1) is 25.0. The Hall–Kier alpha value is -4.42. The van der Waals surface area contributed by atoms with E-state index in [2.05, 4.69) is 24.1 Å². The molecule has 4 aromatic rings. The van der Waals surface area contributed by atoms with E-state index in [1.165, 1.54) is 38.7 Å². The number of halogens is 3. The summed E-state index contributed by atoms with van der Waals surface area (Å²) in [5.41, 5.74) is 2.33. The van der Waals surface area contributed by atoms with E-state index in [0.29, 0.717) is 45.0 Å². The third-order valence-corrected chi connectivity index (χ3v) is 9.91. The van der Waals surface area contributed by atoms with E-state index in [9.17, 15) is 19.2 Å². The van der Waals surface area contributed by atoms with Crippen LogP contribution in [0.4, 0.5) is 4.39 Å². The molecule has 3 aromatic carbocycles. The summed E-state index contributed by atoms with van der Waals surface area (Å²) in [5, 5.41) is 15.4. The van der Waals surface area contributed by atoms with Gasteiger partial charge >= 0.3 is 11.9 Å². The number of carbonyl (C=O) groups is 2. The van der Waals surface area contributed by atoms with Crippen LogP contribution in [0.5, 0.6) is 11.5 Å². The highest BCUT2D eigenvalue weighted by Crippen LogP contribution is 2.35. The van der Waals surface area contributed by atoms with E-state index in [1.807, 2.05) is 0 Å². The standard InChI is InChI=1S/C39H42Cl2FN3O7/c1-5-44-15-14-24(2)36(23-44)52-39(47)37(27-9-7-11-29(42)17-27)43-20-25-8-6-10-28(16-25)38(46)51-34(19-30-31(40)21-45(48)22-32(30)41)26-12-13-33(49-3)35(18-26)50-4/h6-13,16-18,21-22,24,34,36-37,43H,5,14-15,19-20,23H2,1-4H3/t24?,34?,36-,37?/m0/s1. The number of rotatable bonds is 14. The largest absolute Gasteiger partial charge is 0.619 e. The molecule has 1 aromatic heterocycles. The van der Waals surface area contributed by atoms with E-state index in [4.69, 9.17) is 42.1 Å². The van der Waals surface area contributed by atoms with Gasteiger partial charge in [-0.15, -0.1) is 0 Å². The molecule has 1 fully saturated rings. The van der Waals surface area contributed by atoms with Crippen LogP contribution in [0.1, 0.15) is 65.0 Å². The zero-order valence-corrected chi connectivity index (χ0v) is 31.0. The molecule has 1 aliphatic heterocycles. The van der Waals surface area contributed by atoms with Gasteiger partial charge in [-0.05, 0) is 78.5 Å². The number of aromatic nitrogens is 1. The molecular formula is C39H42Cl2FN3O7. The molecule has 5 rings (SSSR count). The van der Waals surface area contributed by atoms with Gasteiger partial charge in [0.15, 0.2) is 23.9 Å². The predicted octanol–water partition coefficient (Wildman–Crippen LogP) is 7.03. The molecule has 1 aliphatic rings. The first-order valence-electron chi connectivity index (χ1n) is 17.0. The van der Waals surface area contributed by atoms with Crippen molar-refractivity contribution < 1.29 is 37.7 Å². The lowest BCUT2D eigenvalue weighted by Crippen LogP contribution is -2.46. The zero-order chi connectivity index (χ0) is 37.4. The maximum Gasteiger partial charge on any atom is 0.338 e. The lowest BCUT2D eigenvalue weighted by molar-refractivity contribution is -0.605. The maximum atomic E-state index is 14.3. The van der Waals surface area contributed by atoms with Gasteiger partial charge in [-0.2, -0.15) is 4.73 Å². The van der Waals surface area contributed by atoms with Gasteiger partial charge in [0.05, 0.1) is 19.8 Å². The number of hydrogen-bond donors (Lipinski definition) is 1. The van der Waals surface area contributed by atoms with Crippen LogP contribution >= 0.6 is 23.2 Å². The van der Waals surface area contributed by atoms with Crippen molar-refractivity contribution in [3.8, 4) is 11.5 Å². The molecule has 2 heterocycles. The highest BCUT2D eigenvalue weighted by molar-refractivity contribution is 6.35. The Morgan fingerprint density at radius 2 is 1.73 bits per heavy atom. The second kappa shape index (κ2) is 17.9. The van der Waals surface area contributed by atoms with Crippen LogP contribution in [0.25, 0.3) is 0 Å². The van der Waals surface area contributed by atoms with Crippen LogP contribution in [0.2, 0.25) is 10.0 Å². The zero-order valence-electron chi connectivity index (χ0n) is 29.4. The van der Waals surface area contributed by atoms with Gasteiger partial charge in [0.25, 0.3) is 0 Å². The van der Waals surface area contributed by atoms with Gasteiger partial charge in [-0.25, -0.2) is 14.0 Å². The molecule has 3 unspecified atom stereocenters. The molecule has 4 atom stereocenters. The average Bonchev–Trinajstić information content (AvgIpc) is 3.13. The van der Waals surface area contributed by atoms with Crippen LogP contribution in [-0.4, -0.2) is 56.8 Å². The van der Waals surface area contributed by atoms with Gasteiger partial charge < -0.3 is 24.2 Å². The van der Waals surface area contributed by atoms with Gasteiger partial charge in [-0.1, -0.05) is 67.4 Å². The van der Waals surface area contributed by atoms with Crippen LogP contribution in [0.15, 0.2) is 79.1 Å². The number of pyridine rings is 1. The minimum atomic E-state index is -0.960. The van der Waals surface area contributed by atoms with E-state index >= 15 is 0 Å². The summed E-state index contributed by atoms with van der Waals surface area (Å²) in [4.78, 5) is 29.7. The molecule has 0 amide bonds. The third-order valence-electron chi connectivity index (χ3n) is 9.25. The molecule has 10 nitrogen and oxygen atoms in total. The SMILES string of the molecule is CCN1CCC(C)[C@@H](OC(=O)C(NCc2cccc(C(=O)OC(Cc3c(Cl)c[n+]([O-])cc3Cl)c3ccc(OC)c(OC)c3)c2)c2cccc(F)c2)C1. The van der Waals surface area contributed by atoms with E-state index in [-0.39, 0.29) is 40.6 Å². The van der Waals surface area contributed by atoms with Crippen LogP contribution in [-0.2, 0) is 27.2 Å². The van der Waals surface area contributed by atoms with E-state index < -0.39 is 29.9 Å². The molecule has 13 heteroatoms. The van der Waals surface area contributed by atoms with Gasteiger partial charge in [0.1, 0.15) is 34.1 Å². The fourth-order valence-electron chi connectivity index (χ4n) is 6.20. The van der Waals surface area contributed by atoms with Crippen LogP contribution < -0.4 is 19.5 Å².